The number of nitrogens with two attached hydrogens (primary N) is 1. The van der Waals surface area contributed by atoms with Gasteiger partial charge in [0.2, 0.25) is 5.95 Å². The standard InChI is InChI=1S/C10H9N5/c1-15-9-7(5-13-15)3-2-6-4-12-10(11)14-8(6)9/h2-5H,1H3,(H2,11,12,14). The van der Waals surface area contributed by atoms with Gasteiger partial charge in [-0.2, -0.15) is 5.10 Å². The Morgan fingerprint density at radius 3 is 2.87 bits per heavy atom. The molecular weight excluding hydrogens is 190 g/mol. The van der Waals surface area contributed by atoms with E-state index in [4.69, 9.17) is 5.73 Å². The third-order valence-corrected chi connectivity index (χ3v) is 2.47. The fourth-order valence-corrected chi connectivity index (χ4v) is 1.76. The summed E-state index contributed by atoms with van der Waals surface area (Å²) in [6.07, 6.45) is 3.54. The zero-order valence-corrected chi connectivity index (χ0v) is 8.18. The second kappa shape index (κ2) is 2.66. The lowest BCUT2D eigenvalue weighted by molar-refractivity contribution is 0.798. The van der Waals surface area contributed by atoms with Crippen molar-refractivity contribution in [2.75, 3.05) is 5.73 Å². The molecule has 0 fully saturated rings. The first-order valence-corrected chi connectivity index (χ1v) is 4.58. The molecule has 2 heterocycles. The van der Waals surface area contributed by atoms with Crippen LogP contribution in [0.4, 0.5) is 5.95 Å². The van der Waals surface area contributed by atoms with Crippen LogP contribution in [-0.4, -0.2) is 19.7 Å². The van der Waals surface area contributed by atoms with Crippen molar-refractivity contribution in [2.24, 2.45) is 7.05 Å². The summed E-state index contributed by atoms with van der Waals surface area (Å²) in [5.74, 6) is 0.288. The Hall–Kier alpha value is -2.17. The van der Waals surface area contributed by atoms with Crippen LogP contribution in [0.5, 0.6) is 0 Å². The fraction of sp³-hybridized carbons (Fsp3) is 0.100. The highest BCUT2D eigenvalue weighted by atomic mass is 15.3. The summed E-state index contributed by atoms with van der Waals surface area (Å²) in [5, 5.41) is 6.22. The quantitative estimate of drug-likeness (QED) is 0.588. The highest BCUT2D eigenvalue weighted by molar-refractivity contribution is 6.02. The van der Waals surface area contributed by atoms with Crippen LogP contribution in [0.1, 0.15) is 0 Å². The van der Waals surface area contributed by atoms with Crippen molar-refractivity contribution in [1.29, 1.82) is 0 Å². The Balaban J connectivity index is 2.61. The van der Waals surface area contributed by atoms with Crippen molar-refractivity contribution in [1.82, 2.24) is 19.7 Å². The van der Waals surface area contributed by atoms with E-state index in [-0.39, 0.29) is 5.95 Å². The summed E-state index contributed by atoms with van der Waals surface area (Å²) in [4.78, 5) is 8.21. The van der Waals surface area contributed by atoms with E-state index in [1.807, 2.05) is 25.4 Å². The molecule has 2 aromatic heterocycles. The second-order valence-electron chi connectivity index (χ2n) is 3.44. The van der Waals surface area contributed by atoms with Crippen molar-refractivity contribution in [2.45, 2.75) is 0 Å². The topological polar surface area (TPSA) is 69.6 Å². The predicted molar refractivity (Wildman–Crippen MR) is 58.2 cm³/mol. The number of hydrogen-bond donors (Lipinski definition) is 1. The van der Waals surface area contributed by atoms with Gasteiger partial charge in [0.1, 0.15) is 5.52 Å². The first-order chi connectivity index (χ1) is 7.25. The van der Waals surface area contributed by atoms with Gasteiger partial charge in [-0.25, -0.2) is 9.97 Å². The van der Waals surface area contributed by atoms with Gasteiger partial charge >= 0.3 is 0 Å². The summed E-state index contributed by atoms with van der Waals surface area (Å²) in [6, 6.07) is 3.98. The monoisotopic (exact) mass is 199 g/mol. The third-order valence-electron chi connectivity index (χ3n) is 2.47. The van der Waals surface area contributed by atoms with E-state index >= 15 is 0 Å². The zero-order chi connectivity index (χ0) is 10.4. The van der Waals surface area contributed by atoms with Crippen LogP contribution < -0.4 is 5.73 Å². The van der Waals surface area contributed by atoms with Crippen molar-refractivity contribution in [3.63, 3.8) is 0 Å². The number of hydrogen-bond acceptors (Lipinski definition) is 4. The van der Waals surface area contributed by atoms with Gasteiger partial charge < -0.3 is 5.73 Å². The summed E-state index contributed by atoms with van der Waals surface area (Å²) in [7, 11) is 1.89. The number of aryl methyl sites for hydroxylation is 1. The highest BCUT2D eigenvalue weighted by Crippen LogP contribution is 2.22. The van der Waals surface area contributed by atoms with E-state index in [0.717, 1.165) is 21.8 Å². The van der Waals surface area contributed by atoms with Crippen molar-refractivity contribution in [3.05, 3.63) is 24.5 Å². The van der Waals surface area contributed by atoms with E-state index in [2.05, 4.69) is 15.1 Å². The average Bonchev–Trinajstić information content (AvgIpc) is 2.60. The lowest BCUT2D eigenvalue weighted by atomic mass is 10.2. The first-order valence-electron chi connectivity index (χ1n) is 4.58. The van der Waals surface area contributed by atoms with E-state index in [1.54, 1.807) is 10.9 Å². The molecule has 0 bridgehead atoms. The minimum Gasteiger partial charge on any atom is -0.368 e. The molecule has 0 amide bonds. The fourth-order valence-electron chi connectivity index (χ4n) is 1.76. The minimum atomic E-state index is 0.288. The Labute approximate surface area is 85.5 Å². The molecule has 0 aliphatic rings. The number of fused-ring (bicyclic) bond motifs is 3. The van der Waals surface area contributed by atoms with Crippen LogP contribution in [0.15, 0.2) is 24.5 Å². The van der Waals surface area contributed by atoms with Gasteiger partial charge in [-0.1, -0.05) is 12.1 Å². The van der Waals surface area contributed by atoms with E-state index in [0.29, 0.717) is 0 Å². The van der Waals surface area contributed by atoms with E-state index in [1.165, 1.54) is 0 Å². The molecule has 0 saturated heterocycles. The van der Waals surface area contributed by atoms with Gasteiger partial charge in [-0.15, -0.1) is 0 Å². The molecule has 0 radical (unpaired) electrons. The molecule has 0 aliphatic carbocycles. The first kappa shape index (κ1) is 8.16. The van der Waals surface area contributed by atoms with E-state index < -0.39 is 0 Å². The molecule has 0 spiro atoms. The molecular formula is C10H9N5. The summed E-state index contributed by atoms with van der Waals surface area (Å²) >= 11 is 0. The van der Waals surface area contributed by atoms with Crippen molar-refractivity contribution >= 4 is 27.8 Å². The molecule has 0 aliphatic heterocycles. The van der Waals surface area contributed by atoms with Gasteiger partial charge in [0.15, 0.2) is 0 Å². The average molecular weight is 199 g/mol. The van der Waals surface area contributed by atoms with Gasteiger partial charge in [-0.3, -0.25) is 4.68 Å². The van der Waals surface area contributed by atoms with Gasteiger partial charge in [0, 0.05) is 24.0 Å². The molecule has 15 heavy (non-hydrogen) atoms. The molecule has 3 rings (SSSR count). The smallest absolute Gasteiger partial charge is 0.220 e. The third kappa shape index (κ3) is 1.06. The normalized spacial score (nSPS) is 11.3. The molecule has 5 nitrogen and oxygen atoms in total. The zero-order valence-electron chi connectivity index (χ0n) is 8.18. The molecule has 1 aromatic carbocycles. The Bertz CT molecular complexity index is 655. The summed E-state index contributed by atoms with van der Waals surface area (Å²) in [5.41, 5.74) is 7.42. The summed E-state index contributed by atoms with van der Waals surface area (Å²) in [6.45, 7) is 0. The molecule has 0 unspecified atom stereocenters. The number of nitrogen functional groups attached to an aromatic ring is 1. The number of nitrogens with zero attached hydrogens (tertiary/aromatic N) is 4. The SMILES string of the molecule is Cn1ncc2ccc3cnc(N)nc3c21. The van der Waals surface area contributed by atoms with Crippen LogP contribution in [-0.2, 0) is 7.05 Å². The molecule has 0 saturated carbocycles. The van der Waals surface area contributed by atoms with Crippen LogP contribution in [0.3, 0.4) is 0 Å². The number of aromatic nitrogens is 4. The Kier molecular flexibility index (Phi) is 1.45. The van der Waals surface area contributed by atoms with Crippen molar-refractivity contribution < 1.29 is 0 Å². The Morgan fingerprint density at radius 1 is 1.20 bits per heavy atom. The maximum Gasteiger partial charge on any atom is 0.220 e. The lowest BCUT2D eigenvalue weighted by Gasteiger charge is -2.01. The van der Waals surface area contributed by atoms with Crippen LogP contribution in [0, 0.1) is 0 Å². The van der Waals surface area contributed by atoms with Gasteiger partial charge in [0.05, 0.1) is 11.7 Å². The second-order valence-corrected chi connectivity index (χ2v) is 3.44. The van der Waals surface area contributed by atoms with Crippen LogP contribution in [0.25, 0.3) is 21.8 Å². The number of rotatable bonds is 0. The molecule has 74 valence electrons. The number of benzene rings is 1. The highest BCUT2D eigenvalue weighted by Gasteiger charge is 2.06. The summed E-state index contributed by atoms with van der Waals surface area (Å²) < 4.78 is 1.80. The maximum absolute atomic E-state index is 5.58. The largest absolute Gasteiger partial charge is 0.368 e. The van der Waals surface area contributed by atoms with Crippen molar-refractivity contribution in [3.8, 4) is 0 Å². The minimum absolute atomic E-state index is 0.288. The van der Waals surface area contributed by atoms with E-state index in [9.17, 15) is 0 Å². The predicted octanol–water partition coefficient (Wildman–Crippen LogP) is 1.10. The van der Waals surface area contributed by atoms with Crippen LogP contribution >= 0.6 is 0 Å². The Morgan fingerprint density at radius 2 is 2.00 bits per heavy atom. The maximum atomic E-state index is 5.58. The molecule has 2 N–H and O–H groups in total. The van der Waals surface area contributed by atoms with Gasteiger partial charge in [-0.05, 0) is 0 Å². The molecule has 5 heteroatoms. The number of anilines is 1. The van der Waals surface area contributed by atoms with Gasteiger partial charge in [0.25, 0.3) is 0 Å². The molecule has 0 atom stereocenters. The molecule has 3 aromatic rings. The lowest BCUT2D eigenvalue weighted by Crippen LogP contribution is -1.96. The van der Waals surface area contributed by atoms with Crippen LogP contribution in [0.2, 0.25) is 0 Å².